The molecule has 9 aromatic rings. The van der Waals surface area contributed by atoms with Crippen molar-refractivity contribution in [3.63, 3.8) is 0 Å². The van der Waals surface area contributed by atoms with E-state index in [9.17, 15) is 0 Å². The molecule has 1 aliphatic carbocycles. The van der Waals surface area contributed by atoms with Crippen molar-refractivity contribution in [2.45, 2.75) is 20.8 Å². The minimum Gasteiger partial charge on any atom is -0.310 e. The van der Waals surface area contributed by atoms with E-state index in [1.807, 2.05) is 0 Å². The fraction of sp³-hybridized carbons (Fsp3) is 0.0638. The Labute approximate surface area is 286 Å². The molecule has 0 bridgehead atoms. The predicted molar refractivity (Wildman–Crippen MR) is 209 cm³/mol. The van der Waals surface area contributed by atoms with E-state index in [2.05, 4.69) is 182 Å². The number of aryl methyl sites for hydroxylation is 3. The molecule has 0 saturated heterocycles. The number of hydrogen-bond donors (Lipinski definition) is 0. The molecule has 1 heterocycles. The minimum absolute atomic E-state index is 1.16. The van der Waals surface area contributed by atoms with Crippen molar-refractivity contribution >= 4 is 60.4 Å². The number of anilines is 3. The molecule has 10 rings (SSSR count). The molecule has 0 aliphatic heterocycles. The second-order valence-electron chi connectivity index (χ2n) is 13.6. The SMILES string of the molecule is Cc1cc(C)c(N(c2ccccc2)c2ccc3cc4c(cc3c2)-c2cc3ccc(-n5c6ccccc6c6ccccc65)cc3cc2-4)c(C)c1. The molecule has 0 spiro atoms. The molecular formula is C47H34N2. The lowest BCUT2D eigenvalue weighted by atomic mass is 9.78. The molecule has 0 saturated carbocycles. The number of rotatable bonds is 4. The maximum atomic E-state index is 2.42. The van der Waals surface area contributed by atoms with Crippen molar-refractivity contribution in [1.29, 1.82) is 0 Å². The number of aromatic nitrogens is 1. The molecule has 0 amide bonds. The van der Waals surface area contributed by atoms with Crippen LogP contribution in [0.1, 0.15) is 16.7 Å². The zero-order chi connectivity index (χ0) is 32.8. The third-order valence-electron chi connectivity index (χ3n) is 10.5. The number of para-hydroxylation sites is 3. The van der Waals surface area contributed by atoms with Crippen molar-refractivity contribution in [1.82, 2.24) is 4.57 Å². The van der Waals surface area contributed by atoms with E-state index in [0.29, 0.717) is 0 Å². The lowest BCUT2D eigenvalue weighted by Crippen LogP contribution is -2.13. The Morgan fingerprint density at radius 3 is 1.53 bits per heavy atom. The molecule has 1 aliphatic rings. The molecule has 49 heavy (non-hydrogen) atoms. The Hall–Kier alpha value is -6.12. The third-order valence-corrected chi connectivity index (χ3v) is 10.5. The summed E-state index contributed by atoms with van der Waals surface area (Å²) < 4.78 is 2.40. The molecule has 2 nitrogen and oxygen atoms in total. The van der Waals surface area contributed by atoms with E-state index >= 15 is 0 Å². The Morgan fingerprint density at radius 1 is 0.408 bits per heavy atom. The number of benzene rings is 8. The number of nitrogens with zero attached hydrogens (tertiary/aromatic N) is 2. The smallest absolute Gasteiger partial charge is 0.0541 e. The van der Waals surface area contributed by atoms with Crippen molar-refractivity contribution in [3.05, 3.63) is 168 Å². The van der Waals surface area contributed by atoms with Crippen LogP contribution in [0.2, 0.25) is 0 Å². The first-order chi connectivity index (χ1) is 24.0. The first-order valence-electron chi connectivity index (χ1n) is 17.1. The molecule has 0 unspecified atom stereocenters. The molecule has 0 fully saturated rings. The maximum Gasteiger partial charge on any atom is 0.0541 e. The van der Waals surface area contributed by atoms with E-state index < -0.39 is 0 Å². The summed E-state index contributed by atoms with van der Waals surface area (Å²) in [5, 5.41) is 7.63. The second-order valence-corrected chi connectivity index (χ2v) is 13.6. The quantitative estimate of drug-likeness (QED) is 0.189. The summed E-state index contributed by atoms with van der Waals surface area (Å²) in [6.07, 6.45) is 0. The molecule has 8 aromatic carbocycles. The van der Waals surface area contributed by atoms with Crippen LogP contribution in [0.15, 0.2) is 152 Å². The summed E-state index contributed by atoms with van der Waals surface area (Å²) in [4.78, 5) is 2.42. The van der Waals surface area contributed by atoms with Crippen LogP contribution >= 0.6 is 0 Å². The summed E-state index contributed by atoms with van der Waals surface area (Å²) in [5.74, 6) is 0. The monoisotopic (exact) mass is 626 g/mol. The first kappa shape index (κ1) is 27.9. The highest BCUT2D eigenvalue weighted by atomic mass is 15.1. The highest BCUT2D eigenvalue weighted by Crippen LogP contribution is 2.51. The average molecular weight is 627 g/mol. The van der Waals surface area contributed by atoms with Gasteiger partial charge in [-0.3, -0.25) is 0 Å². The molecule has 1 aromatic heterocycles. The predicted octanol–water partition coefficient (Wildman–Crippen LogP) is 13.1. The summed E-state index contributed by atoms with van der Waals surface area (Å²) in [6, 6.07) is 56.2. The van der Waals surface area contributed by atoms with Crippen LogP contribution in [0.5, 0.6) is 0 Å². The summed E-state index contributed by atoms with van der Waals surface area (Å²) in [5.41, 5.74) is 16.4. The van der Waals surface area contributed by atoms with Crippen molar-refractivity contribution in [2.75, 3.05) is 4.90 Å². The zero-order valence-electron chi connectivity index (χ0n) is 27.8. The van der Waals surface area contributed by atoms with Gasteiger partial charge >= 0.3 is 0 Å². The van der Waals surface area contributed by atoms with Crippen molar-refractivity contribution in [3.8, 4) is 27.9 Å². The Morgan fingerprint density at radius 2 is 0.918 bits per heavy atom. The molecule has 0 atom stereocenters. The lowest BCUT2D eigenvalue weighted by Gasteiger charge is -2.30. The summed E-state index contributed by atoms with van der Waals surface area (Å²) >= 11 is 0. The van der Waals surface area contributed by atoms with E-state index in [4.69, 9.17) is 0 Å². The zero-order valence-corrected chi connectivity index (χ0v) is 27.8. The summed E-state index contributed by atoms with van der Waals surface area (Å²) in [7, 11) is 0. The molecule has 232 valence electrons. The van der Waals surface area contributed by atoms with Crippen LogP contribution in [0.4, 0.5) is 17.1 Å². The highest BCUT2D eigenvalue weighted by Gasteiger charge is 2.25. The number of fused-ring (bicyclic) bond motifs is 9. The molecular weight excluding hydrogens is 593 g/mol. The third kappa shape index (κ3) is 4.20. The van der Waals surface area contributed by atoms with Gasteiger partial charge in [-0.2, -0.15) is 0 Å². The van der Waals surface area contributed by atoms with Gasteiger partial charge in [-0.1, -0.05) is 84.4 Å². The molecule has 0 radical (unpaired) electrons. The van der Waals surface area contributed by atoms with Gasteiger partial charge in [0.1, 0.15) is 0 Å². The van der Waals surface area contributed by atoms with Gasteiger partial charge in [0.15, 0.2) is 0 Å². The highest BCUT2D eigenvalue weighted by molar-refractivity contribution is 6.13. The van der Waals surface area contributed by atoms with Gasteiger partial charge in [0.2, 0.25) is 0 Å². The van der Waals surface area contributed by atoms with Gasteiger partial charge in [0, 0.05) is 27.8 Å². The maximum absolute atomic E-state index is 2.42. The fourth-order valence-electron chi connectivity index (χ4n) is 8.39. The fourth-order valence-corrected chi connectivity index (χ4v) is 8.39. The van der Waals surface area contributed by atoms with Crippen LogP contribution < -0.4 is 4.90 Å². The second kappa shape index (κ2) is 10.4. The number of hydrogen-bond acceptors (Lipinski definition) is 1. The minimum atomic E-state index is 1.16. The standard InChI is InChI=1S/C47H34N2/c1-29-21-30(2)47(31(3)22-29)48(36-11-5-4-6-12-36)37-19-17-32-25-41-43(27-34(32)23-37)42-26-33-18-20-38(24-35(33)28-44(41)42)49-45-15-9-7-13-39(45)40-14-8-10-16-46(40)49/h4-28H,1-3H3. The van der Waals surface area contributed by atoms with Gasteiger partial charge in [0.05, 0.1) is 16.7 Å². The van der Waals surface area contributed by atoms with Crippen LogP contribution in [-0.2, 0) is 0 Å². The van der Waals surface area contributed by atoms with Crippen LogP contribution in [0.25, 0.3) is 71.3 Å². The van der Waals surface area contributed by atoms with E-state index in [0.717, 1.165) is 5.69 Å². The van der Waals surface area contributed by atoms with Crippen LogP contribution in [0.3, 0.4) is 0 Å². The Balaban J connectivity index is 1.08. The van der Waals surface area contributed by atoms with E-state index in [-0.39, 0.29) is 0 Å². The first-order valence-corrected chi connectivity index (χ1v) is 17.1. The van der Waals surface area contributed by atoms with Crippen molar-refractivity contribution < 1.29 is 0 Å². The lowest BCUT2D eigenvalue weighted by molar-refractivity contribution is 1.19. The van der Waals surface area contributed by atoms with Crippen molar-refractivity contribution in [2.24, 2.45) is 0 Å². The van der Waals surface area contributed by atoms with Gasteiger partial charge in [-0.25, -0.2) is 0 Å². The van der Waals surface area contributed by atoms with Crippen LogP contribution in [0, 0.1) is 20.8 Å². The summed E-state index contributed by atoms with van der Waals surface area (Å²) in [6.45, 7) is 6.63. The van der Waals surface area contributed by atoms with E-state index in [1.54, 1.807) is 0 Å². The molecule has 2 heteroatoms. The van der Waals surface area contributed by atoms with E-state index in [1.165, 1.54) is 99.4 Å². The largest absolute Gasteiger partial charge is 0.310 e. The van der Waals surface area contributed by atoms with Gasteiger partial charge in [-0.15, -0.1) is 0 Å². The molecule has 0 N–H and O–H groups in total. The van der Waals surface area contributed by atoms with Crippen LogP contribution in [-0.4, -0.2) is 4.57 Å². The van der Waals surface area contributed by atoms with Gasteiger partial charge in [-0.05, 0) is 148 Å². The average Bonchev–Trinajstić information content (AvgIpc) is 3.46. The Bertz CT molecular complexity index is 2730. The normalized spacial score (nSPS) is 12.0. The Kier molecular flexibility index (Phi) is 5.95. The van der Waals surface area contributed by atoms with Gasteiger partial charge < -0.3 is 9.47 Å². The van der Waals surface area contributed by atoms with Gasteiger partial charge in [0.25, 0.3) is 0 Å². The topological polar surface area (TPSA) is 8.17 Å².